The molecule has 6 heteroatoms. The number of hydrogen-bond donors (Lipinski definition) is 1. The Kier molecular flexibility index (Phi) is 5.03. The lowest BCUT2D eigenvalue weighted by atomic mass is 10.1. The molecule has 0 aliphatic carbocycles. The second kappa shape index (κ2) is 6.30. The van der Waals surface area contributed by atoms with E-state index in [0.29, 0.717) is 36.7 Å². The van der Waals surface area contributed by atoms with Gasteiger partial charge in [0, 0.05) is 23.6 Å². The zero-order valence-electron chi connectivity index (χ0n) is 10.9. The van der Waals surface area contributed by atoms with E-state index in [-0.39, 0.29) is 12.1 Å². The van der Waals surface area contributed by atoms with Gasteiger partial charge >= 0.3 is 11.7 Å². The molecule has 0 atom stereocenters. The number of carboxylic acids is 1. The molecule has 0 aliphatic heterocycles. The Hall–Kier alpha value is -1.69. The first-order valence-corrected chi connectivity index (χ1v) is 5.83. The van der Waals surface area contributed by atoms with E-state index in [2.05, 4.69) is 4.98 Å². The first kappa shape index (κ1) is 14.4. The third-order valence-corrected chi connectivity index (χ3v) is 2.76. The van der Waals surface area contributed by atoms with Crippen molar-refractivity contribution in [3.63, 3.8) is 0 Å². The van der Waals surface area contributed by atoms with Crippen LogP contribution in [-0.4, -0.2) is 33.8 Å². The van der Waals surface area contributed by atoms with Gasteiger partial charge in [-0.3, -0.25) is 9.36 Å². The maximum Gasteiger partial charge on any atom is 0.348 e. The Bertz CT molecular complexity index is 494. The Morgan fingerprint density at radius 3 is 2.67 bits per heavy atom. The maximum absolute atomic E-state index is 11.7. The van der Waals surface area contributed by atoms with Crippen molar-refractivity contribution in [3.05, 3.63) is 27.4 Å². The minimum absolute atomic E-state index is 0.125. The molecular formula is C12H18N2O4. The molecule has 0 amide bonds. The second-order valence-corrected chi connectivity index (χ2v) is 3.96. The van der Waals surface area contributed by atoms with Crippen molar-refractivity contribution in [2.75, 3.05) is 13.2 Å². The van der Waals surface area contributed by atoms with Crippen molar-refractivity contribution >= 4 is 5.97 Å². The van der Waals surface area contributed by atoms with Crippen LogP contribution in [0.15, 0.2) is 4.79 Å². The number of carboxylic acid groups (broad SMARTS) is 1. The highest BCUT2D eigenvalue weighted by Crippen LogP contribution is 2.10. The third kappa shape index (κ3) is 3.40. The van der Waals surface area contributed by atoms with E-state index in [1.54, 1.807) is 13.8 Å². The molecule has 1 aromatic rings. The largest absolute Gasteiger partial charge is 0.481 e. The number of aryl methyl sites for hydroxylation is 1. The Balaban J connectivity index is 3.10. The predicted octanol–water partition coefficient (Wildman–Crippen LogP) is 0.524. The summed E-state index contributed by atoms with van der Waals surface area (Å²) in [6.45, 7) is 6.64. The molecule has 0 unspecified atom stereocenters. The van der Waals surface area contributed by atoms with E-state index in [9.17, 15) is 9.59 Å². The molecule has 0 radical (unpaired) electrons. The topological polar surface area (TPSA) is 81.4 Å². The monoisotopic (exact) mass is 254 g/mol. The van der Waals surface area contributed by atoms with Gasteiger partial charge in [-0.2, -0.15) is 4.98 Å². The average molecular weight is 254 g/mol. The fourth-order valence-electron chi connectivity index (χ4n) is 1.81. The molecule has 1 aromatic heterocycles. The van der Waals surface area contributed by atoms with Crippen LogP contribution in [0.4, 0.5) is 0 Å². The molecule has 0 saturated carbocycles. The van der Waals surface area contributed by atoms with Crippen LogP contribution in [0, 0.1) is 13.8 Å². The summed E-state index contributed by atoms with van der Waals surface area (Å²) in [7, 11) is 0. The number of carbonyl (C=O) groups is 1. The molecule has 0 fully saturated rings. The summed E-state index contributed by atoms with van der Waals surface area (Å²) in [5.41, 5.74) is 1.36. The van der Waals surface area contributed by atoms with E-state index >= 15 is 0 Å². The van der Waals surface area contributed by atoms with Gasteiger partial charge in [-0.1, -0.05) is 0 Å². The fourth-order valence-corrected chi connectivity index (χ4v) is 1.81. The van der Waals surface area contributed by atoms with E-state index in [1.807, 2.05) is 6.92 Å². The predicted molar refractivity (Wildman–Crippen MR) is 65.8 cm³/mol. The van der Waals surface area contributed by atoms with E-state index in [4.69, 9.17) is 9.84 Å². The number of aliphatic carboxylic acids is 1. The lowest BCUT2D eigenvalue weighted by molar-refractivity contribution is -0.136. The van der Waals surface area contributed by atoms with E-state index in [0.717, 1.165) is 0 Å². The van der Waals surface area contributed by atoms with Crippen molar-refractivity contribution < 1.29 is 14.6 Å². The van der Waals surface area contributed by atoms with Gasteiger partial charge in [0.05, 0.1) is 19.6 Å². The highest BCUT2D eigenvalue weighted by atomic mass is 16.5. The molecule has 0 spiro atoms. The lowest BCUT2D eigenvalue weighted by Crippen LogP contribution is -2.30. The zero-order chi connectivity index (χ0) is 13.7. The Morgan fingerprint density at radius 1 is 1.44 bits per heavy atom. The number of rotatable bonds is 6. The van der Waals surface area contributed by atoms with Gasteiger partial charge in [0.15, 0.2) is 0 Å². The van der Waals surface area contributed by atoms with Crippen molar-refractivity contribution in [2.24, 2.45) is 0 Å². The standard InChI is InChI=1S/C12H18N2O4/c1-4-18-6-5-14-9(3)10(7-11(15)16)8(2)13-12(14)17/h4-7H2,1-3H3,(H,15,16). The molecule has 1 N–H and O–H groups in total. The Morgan fingerprint density at radius 2 is 2.11 bits per heavy atom. The van der Waals surface area contributed by atoms with Gasteiger partial charge < -0.3 is 9.84 Å². The summed E-state index contributed by atoms with van der Waals surface area (Å²) in [4.78, 5) is 26.4. The molecule has 0 saturated heterocycles. The second-order valence-electron chi connectivity index (χ2n) is 3.96. The molecular weight excluding hydrogens is 236 g/mol. The minimum atomic E-state index is -0.932. The smallest absolute Gasteiger partial charge is 0.348 e. The molecule has 1 heterocycles. The molecule has 18 heavy (non-hydrogen) atoms. The number of aromatic nitrogens is 2. The summed E-state index contributed by atoms with van der Waals surface area (Å²) >= 11 is 0. The first-order valence-electron chi connectivity index (χ1n) is 5.83. The van der Waals surface area contributed by atoms with Crippen molar-refractivity contribution in [1.82, 2.24) is 9.55 Å². The van der Waals surface area contributed by atoms with Crippen LogP contribution < -0.4 is 5.69 Å². The SMILES string of the molecule is CCOCCn1c(C)c(CC(=O)O)c(C)nc1=O. The molecule has 100 valence electrons. The fraction of sp³-hybridized carbons (Fsp3) is 0.583. The van der Waals surface area contributed by atoms with E-state index in [1.165, 1.54) is 4.57 Å². The molecule has 1 rings (SSSR count). The van der Waals surface area contributed by atoms with Gasteiger partial charge in [-0.25, -0.2) is 4.79 Å². The highest BCUT2D eigenvalue weighted by molar-refractivity contribution is 5.70. The van der Waals surface area contributed by atoms with Gasteiger partial charge in [0.1, 0.15) is 0 Å². The molecule has 6 nitrogen and oxygen atoms in total. The van der Waals surface area contributed by atoms with Crippen LogP contribution in [0.25, 0.3) is 0 Å². The summed E-state index contributed by atoms with van der Waals surface area (Å²) in [5, 5.41) is 8.85. The summed E-state index contributed by atoms with van der Waals surface area (Å²) in [6.07, 6.45) is -0.125. The highest BCUT2D eigenvalue weighted by Gasteiger charge is 2.13. The van der Waals surface area contributed by atoms with Crippen LogP contribution in [-0.2, 0) is 22.5 Å². The normalized spacial score (nSPS) is 10.6. The van der Waals surface area contributed by atoms with Gasteiger partial charge in [0.25, 0.3) is 0 Å². The average Bonchev–Trinajstić information content (AvgIpc) is 2.28. The van der Waals surface area contributed by atoms with Gasteiger partial charge in [-0.15, -0.1) is 0 Å². The van der Waals surface area contributed by atoms with Crippen LogP contribution in [0.2, 0.25) is 0 Å². The van der Waals surface area contributed by atoms with E-state index < -0.39 is 5.97 Å². The summed E-state index contributed by atoms with van der Waals surface area (Å²) in [5.74, 6) is -0.932. The van der Waals surface area contributed by atoms with Crippen molar-refractivity contribution in [1.29, 1.82) is 0 Å². The minimum Gasteiger partial charge on any atom is -0.481 e. The van der Waals surface area contributed by atoms with Gasteiger partial charge in [-0.05, 0) is 20.8 Å². The number of hydrogen-bond acceptors (Lipinski definition) is 4. The van der Waals surface area contributed by atoms with Crippen molar-refractivity contribution in [3.8, 4) is 0 Å². The van der Waals surface area contributed by atoms with Crippen LogP contribution in [0.1, 0.15) is 23.9 Å². The molecule has 0 aromatic carbocycles. The van der Waals surface area contributed by atoms with Crippen LogP contribution in [0.3, 0.4) is 0 Å². The third-order valence-electron chi connectivity index (χ3n) is 2.76. The number of ether oxygens (including phenoxy) is 1. The molecule has 0 aliphatic rings. The number of nitrogens with zero attached hydrogens (tertiary/aromatic N) is 2. The summed E-state index contributed by atoms with van der Waals surface area (Å²) < 4.78 is 6.65. The van der Waals surface area contributed by atoms with Gasteiger partial charge in [0.2, 0.25) is 0 Å². The maximum atomic E-state index is 11.7. The lowest BCUT2D eigenvalue weighted by Gasteiger charge is -2.14. The van der Waals surface area contributed by atoms with Crippen LogP contribution in [0.5, 0.6) is 0 Å². The molecule has 0 bridgehead atoms. The summed E-state index contributed by atoms with van der Waals surface area (Å²) in [6, 6.07) is 0. The van der Waals surface area contributed by atoms with Crippen molar-refractivity contribution in [2.45, 2.75) is 33.7 Å². The quantitative estimate of drug-likeness (QED) is 0.749. The Labute approximate surface area is 105 Å². The first-order chi connectivity index (χ1) is 8.47. The zero-order valence-corrected chi connectivity index (χ0v) is 10.9. The van der Waals surface area contributed by atoms with Crippen LogP contribution >= 0.6 is 0 Å².